The van der Waals surface area contributed by atoms with E-state index in [0.29, 0.717) is 29.4 Å². The maximum Gasteiger partial charge on any atom is 0.255 e. The van der Waals surface area contributed by atoms with Crippen LogP contribution in [0, 0.1) is 20.8 Å². The number of aryl methyl sites for hydroxylation is 2. The Bertz CT molecular complexity index is 1220. The molecule has 2 aromatic heterocycles. The molecule has 2 heterocycles. The summed E-state index contributed by atoms with van der Waals surface area (Å²) in [5.41, 5.74) is 6.43. The fourth-order valence-electron chi connectivity index (χ4n) is 3.48. The van der Waals surface area contributed by atoms with Gasteiger partial charge in [-0.2, -0.15) is 10.2 Å². The number of rotatable bonds is 6. The van der Waals surface area contributed by atoms with Crippen LogP contribution >= 0.6 is 11.6 Å². The van der Waals surface area contributed by atoms with Gasteiger partial charge in [0.25, 0.3) is 5.91 Å². The zero-order valence-corrected chi connectivity index (χ0v) is 18.5. The fraction of sp³-hybridized carbons (Fsp3) is 0.208. The van der Waals surface area contributed by atoms with E-state index >= 15 is 0 Å². The van der Waals surface area contributed by atoms with E-state index in [0.717, 1.165) is 17.0 Å². The van der Waals surface area contributed by atoms with Crippen LogP contribution in [0.15, 0.2) is 60.9 Å². The monoisotopic (exact) mass is 433 g/mol. The van der Waals surface area contributed by atoms with Crippen LogP contribution in [0.5, 0.6) is 0 Å². The first kappa shape index (κ1) is 20.9. The summed E-state index contributed by atoms with van der Waals surface area (Å²) < 4.78 is 3.68. The highest BCUT2D eigenvalue weighted by Crippen LogP contribution is 2.20. The van der Waals surface area contributed by atoms with Crippen LogP contribution in [-0.2, 0) is 13.1 Å². The van der Waals surface area contributed by atoms with Crippen molar-refractivity contribution in [2.24, 2.45) is 0 Å². The number of aromatic nitrogens is 4. The molecule has 4 aromatic rings. The molecule has 0 radical (unpaired) electrons. The number of halogens is 1. The molecule has 0 bridgehead atoms. The Morgan fingerprint density at radius 1 is 1.03 bits per heavy atom. The van der Waals surface area contributed by atoms with Crippen molar-refractivity contribution in [2.75, 3.05) is 5.32 Å². The lowest BCUT2D eigenvalue weighted by molar-refractivity contribution is 0.102. The number of anilines is 1. The van der Waals surface area contributed by atoms with Gasteiger partial charge in [0.05, 0.1) is 41.4 Å². The summed E-state index contributed by atoms with van der Waals surface area (Å²) in [6.45, 7) is 7.16. The molecule has 4 rings (SSSR count). The molecule has 2 aromatic carbocycles. The molecular formula is C24H24ClN5O. The van der Waals surface area contributed by atoms with Gasteiger partial charge in [0.2, 0.25) is 0 Å². The van der Waals surface area contributed by atoms with Gasteiger partial charge in [-0.3, -0.25) is 14.2 Å². The van der Waals surface area contributed by atoms with E-state index in [4.69, 9.17) is 11.6 Å². The standard InChI is InChI=1S/C24H24ClN5O/c1-16-5-4-6-20(11-16)13-29-15-22(12-26-29)27-24(31)21-9-7-19(8-10-21)14-30-18(3)23(25)17(2)28-30/h4-12,15H,13-14H2,1-3H3,(H,27,31). The second kappa shape index (κ2) is 8.78. The maximum atomic E-state index is 12.6. The third-order valence-corrected chi connectivity index (χ3v) is 5.71. The van der Waals surface area contributed by atoms with E-state index in [1.165, 1.54) is 11.1 Å². The van der Waals surface area contributed by atoms with Gasteiger partial charge >= 0.3 is 0 Å². The van der Waals surface area contributed by atoms with Crippen LogP contribution in [0.2, 0.25) is 5.02 Å². The minimum atomic E-state index is -0.171. The number of carbonyl (C=O) groups is 1. The molecule has 6 nitrogen and oxygen atoms in total. The Labute approximate surface area is 186 Å². The highest BCUT2D eigenvalue weighted by molar-refractivity contribution is 6.31. The molecule has 7 heteroatoms. The van der Waals surface area contributed by atoms with Gasteiger partial charge in [0.1, 0.15) is 0 Å². The molecule has 0 atom stereocenters. The number of nitrogens with zero attached hydrogens (tertiary/aromatic N) is 4. The molecular weight excluding hydrogens is 410 g/mol. The van der Waals surface area contributed by atoms with Crippen molar-refractivity contribution >= 4 is 23.2 Å². The molecule has 31 heavy (non-hydrogen) atoms. The smallest absolute Gasteiger partial charge is 0.255 e. The minimum Gasteiger partial charge on any atom is -0.319 e. The molecule has 0 spiro atoms. The van der Waals surface area contributed by atoms with Crippen LogP contribution < -0.4 is 5.32 Å². The van der Waals surface area contributed by atoms with Gasteiger partial charge in [0, 0.05) is 11.8 Å². The summed E-state index contributed by atoms with van der Waals surface area (Å²) in [6.07, 6.45) is 3.50. The molecule has 1 amide bonds. The van der Waals surface area contributed by atoms with Crippen molar-refractivity contribution in [3.05, 3.63) is 99.6 Å². The van der Waals surface area contributed by atoms with Crippen molar-refractivity contribution in [1.29, 1.82) is 0 Å². The largest absolute Gasteiger partial charge is 0.319 e. The molecule has 0 fully saturated rings. The second-order valence-corrected chi connectivity index (χ2v) is 8.09. The Morgan fingerprint density at radius 2 is 1.81 bits per heavy atom. The molecule has 0 saturated carbocycles. The number of benzene rings is 2. The Balaban J connectivity index is 1.38. The highest BCUT2D eigenvalue weighted by atomic mass is 35.5. The van der Waals surface area contributed by atoms with Crippen LogP contribution in [0.4, 0.5) is 5.69 Å². The van der Waals surface area contributed by atoms with Crippen molar-refractivity contribution < 1.29 is 4.79 Å². The van der Waals surface area contributed by atoms with Gasteiger partial charge in [-0.25, -0.2) is 0 Å². The van der Waals surface area contributed by atoms with Crippen molar-refractivity contribution in [2.45, 2.75) is 33.9 Å². The number of carbonyl (C=O) groups excluding carboxylic acids is 1. The SMILES string of the molecule is Cc1cccc(Cn2cc(NC(=O)c3ccc(Cn4nc(C)c(Cl)c4C)cc3)cn2)c1. The summed E-state index contributed by atoms with van der Waals surface area (Å²) in [5, 5.41) is 12.4. The molecule has 0 aliphatic heterocycles. The van der Waals surface area contributed by atoms with Crippen LogP contribution in [0.3, 0.4) is 0 Å². The zero-order chi connectivity index (χ0) is 22.0. The van der Waals surface area contributed by atoms with E-state index in [2.05, 4.69) is 40.6 Å². The van der Waals surface area contributed by atoms with Gasteiger partial charge in [-0.05, 0) is 44.0 Å². The van der Waals surface area contributed by atoms with Crippen LogP contribution in [0.1, 0.15) is 38.4 Å². The zero-order valence-electron chi connectivity index (χ0n) is 17.8. The molecule has 1 N–H and O–H groups in total. The lowest BCUT2D eigenvalue weighted by Gasteiger charge is -2.07. The summed E-state index contributed by atoms with van der Waals surface area (Å²) in [4.78, 5) is 12.6. The van der Waals surface area contributed by atoms with E-state index in [1.807, 2.05) is 59.7 Å². The number of hydrogen-bond acceptors (Lipinski definition) is 3. The minimum absolute atomic E-state index is 0.171. The average Bonchev–Trinajstić information content (AvgIpc) is 3.28. The second-order valence-electron chi connectivity index (χ2n) is 7.71. The predicted molar refractivity (Wildman–Crippen MR) is 123 cm³/mol. The first-order valence-electron chi connectivity index (χ1n) is 10.1. The number of nitrogens with one attached hydrogen (secondary N) is 1. The molecule has 0 aliphatic rings. The lowest BCUT2D eigenvalue weighted by Crippen LogP contribution is -2.12. The van der Waals surface area contributed by atoms with E-state index in [9.17, 15) is 4.79 Å². The maximum absolute atomic E-state index is 12.6. The summed E-state index contributed by atoms with van der Waals surface area (Å²) in [6, 6.07) is 15.8. The van der Waals surface area contributed by atoms with E-state index in [-0.39, 0.29) is 5.91 Å². The van der Waals surface area contributed by atoms with Gasteiger partial charge in [-0.1, -0.05) is 53.6 Å². The fourth-order valence-corrected chi connectivity index (χ4v) is 3.61. The number of hydrogen-bond donors (Lipinski definition) is 1. The third kappa shape index (κ3) is 4.86. The topological polar surface area (TPSA) is 64.7 Å². The van der Waals surface area contributed by atoms with Gasteiger partial charge < -0.3 is 5.32 Å². The van der Waals surface area contributed by atoms with Crippen LogP contribution in [0.25, 0.3) is 0 Å². The predicted octanol–water partition coefficient (Wildman–Crippen LogP) is 5.01. The Kier molecular flexibility index (Phi) is 5.91. The molecule has 0 saturated heterocycles. The summed E-state index contributed by atoms with van der Waals surface area (Å²) >= 11 is 6.22. The van der Waals surface area contributed by atoms with Crippen molar-refractivity contribution in [3.8, 4) is 0 Å². The van der Waals surface area contributed by atoms with E-state index < -0.39 is 0 Å². The number of amides is 1. The van der Waals surface area contributed by atoms with Gasteiger partial charge in [0.15, 0.2) is 0 Å². The van der Waals surface area contributed by atoms with Crippen molar-refractivity contribution in [1.82, 2.24) is 19.6 Å². The van der Waals surface area contributed by atoms with E-state index in [1.54, 1.807) is 6.20 Å². The van der Waals surface area contributed by atoms with Gasteiger partial charge in [-0.15, -0.1) is 0 Å². The average molecular weight is 434 g/mol. The first-order chi connectivity index (χ1) is 14.9. The van der Waals surface area contributed by atoms with Crippen LogP contribution in [-0.4, -0.2) is 25.5 Å². The Morgan fingerprint density at radius 3 is 2.48 bits per heavy atom. The molecule has 0 unspecified atom stereocenters. The highest BCUT2D eigenvalue weighted by Gasteiger charge is 2.11. The normalized spacial score (nSPS) is 11.0. The van der Waals surface area contributed by atoms with Crippen molar-refractivity contribution in [3.63, 3.8) is 0 Å². The lowest BCUT2D eigenvalue weighted by atomic mass is 10.1. The Hall–Kier alpha value is -3.38. The quantitative estimate of drug-likeness (QED) is 0.465. The molecule has 158 valence electrons. The first-order valence-corrected chi connectivity index (χ1v) is 10.4. The summed E-state index contributed by atoms with van der Waals surface area (Å²) in [5.74, 6) is -0.171. The molecule has 0 aliphatic carbocycles. The summed E-state index contributed by atoms with van der Waals surface area (Å²) in [7, 11) is 0. The third-order valence-electron chi connectivity index (χ3n) is 5.16.